The van der Waals surface area contributed by atoms with Gasteiger partial charge in [0.1, 0.15) is 11.3 Å². The molecule has 122 valence electrons. The summed E-state index contributed by atoms with van der Waals surface area (Å²) in [4.78, 5) is 44.5. The summed E-state index contributed by atoms with van der Waals surface area (Å²) in [6.45, 7) is 5.52. The molecule has 24 heavy (non-hydrogen) atoms. The lowest BCUT2D eigenvalue weighted by atomic mass is 10.1. The van der Waals surface area contributed by atoms with Crippen LogP contribution in [0.2, 0.25) is 0 Å². The van der Waals surface area contributed by atoms with Gasteiger partial charge in [-0.2, -0.15) is 0 Å². The summed E-state index contributed by atoms with van der Waals surface area (Å²) in [5.74, 6) is -0.408. The highest BCUT2D eigenvalue weighted by Crippen LogP contribution is 2.18. The number of carbonyl (C=O) groups is 1. The van der Waals surface area contributed by atoms with Crippen molar-refractivity contribution in [1.82, 2.24) is 15.0 Å². The van der Waals surface area contributed by atoms with Crippen molar-refractivity contribution in [3.63, 3.8) is 0 Å². The first kappa shape index (κ1) is 15.7. The van der Waals surface area contributed by atoms with Crippen molar-refractivity contribution in [2.45, 2.75) is 20.8 Å². The molecule has 7 nitrogen and oxygen atoms in total. The number of pyridine rings is 1. The SMILES string of the molecule is Cc1ccc(C)c(NC(=O)c2cc(C)c3c(=O)[nH]c(=O)[nH]c3n2)c1. The lowest BCUT2D eigenvalue weighted by Crippen LogP contribution is -2.24. The van der Waals surface area contributed by atoms with Crippen LogP contribution in [0.4, 0.5) is 5.69 Å². The van der Waals surface area contributed by atoms with Gasteiger partial charge in [-0.25, -0.2) is 9.78 Å². The van der Waals surface area contributed by atoms with E-state index in [2.05, 4.69) is 20.3 Å². The Balaban J connectivity index is 2.06. The fourth-order valence-corrected chi connectivity index (χ4v) is 2.53. The maximum absolute atomic E-state index is 12.5. The number of anilines is 1. The molecule has 2 aromatic heterocycles. The second-order valence-electron chi connectivity index (χ2n) is 5.73. The van der Waals surface area contributed by atoms with E-state index in [1.807, 2.05) is 32.0 Å². The molecule has 0 aliphatic carbocycles. The molecule has 1 aromatic carbocycles. The Hall–Kier alpha value is -3.22. The lowest BCUT2D eigenvalue weighted by molar-refractivity contribution is 0.102. The van der Waals surface area contributed by atoms with Crippen LogP contribution in [0.25, 0.3) is 11.0 Å². The van der Waals surface area contributed by atoms with E-state index in [1.165, 1.54) is 6.07 Å². The number of hydrogen-bond donors (Lipinski definition) is 3. The van der Waals surface area contributed by atoms with E-state index in [0.717, 1.165) is 11.1 Å². The third-order valence-electron chi connectivity index (χ3n) is 3.78. The molecular formula is C17H16N4O3. The monoisotopic (exact) mass is 324 g/mol. The van der Waals surface area contributed by atoms with Crippen LogP contribution in [-0.2, 0) is 0 Å². The molecule has 0 aliphatic rings. The highest BCUT2D eigenvalue weighted by molar-refractivity contribution is 6.04. The number of carbonyl (C=O) groups excluding carboxylic acids is 1. The quantitative estimate of drug-likeness (QED) is 0.668. The van der Waals surface area contributed by atoms with Crippen LogP contribution in [0.5, 0.6) is 0 Å². The number of nitrogens with zero attached hydrogens (tertiary/aromatic N) is 1. The Labute approximate surface area is 136 Å². The van der Waals surface area contributed by atoms with Gasteiger partial charge in [-0.15, -0.1) is 0 Å². The van der Waals surface area contributed by atoms with Crippen molar-refractivity contribution in [2.75, 3.05) is 5.32 Å². The number of hydrogen-bond acceptors (Lipinski definition) is 4. The fraction of sp³-hybridized carbons (Fsp3) is 0.176. The topological polar surface area (TPSA) is 108 Å². The number of fused-ring (bicyclic) bond motifs is 1. The van der Waals surface area contributed by atoms with Crippen molar-refractivity contribution in [3.8, 4) is 0 Å². The van der Waals surface area contributed by atoms with E-state index in [0.29, 0.717) is 11.3 Å². The molecule has 3 rings (SSSR count). The second kappa shape index (κ2) is 5.77. The standard InChI is InChI=1S/C17H16N4O3/c1-8-4-5-9(2)11(6-8)19-15(22)12-7-10(3)13-14(18-12)20-17(24)21-16(13)23/h4-7H,1-3H3,(H,19,22)(H2,18,20,21,23,24). The van der Waals surface area contributed by atoms with Gasteiger partial charge in [0.25, 0.3) is 11.5 Å². The average Bonchev–Trinajstić information content (AvgIpc) is 2.49. The molecule has 0 saturated heterocycles. The van der Waals surface area contributed by atoms with Gasteiger partial charge in [-0.1, -0.05) is 12.1 Å². The van der Waals surface area contributed by atoms with Gasteiger partial charge in [0, 0.05) is 5.69 Å². The predicted octanol–water partition coefficient (Wildman–Crippen LogP) is 1.79. The zero-order valence-electron chi connectivity index (χ0n) is 13.5. The molecule has 0 spiro atoms. The molecule has 3 N–H and O–H groups in total. The first-order chi connectivity index (χ1) is 11.3. The molecule has 3 aromatic rings. The fourth-order valence-electron chi connectivity index (χ4n) is 2.53. The van der Waals surface area contributed by atoms with Gasteiger partial charge in [0.2, 0.25) is 0 Å². The normalized spacial score (nSPS) is 10.8. The minimum Gasteiger partial charge on any atom is -0.320 e. The Bertz CT molecular complexity index is 1080. The molecule has 0 radical (unpaired) electrons. The Morgan fingerprint density at radius 2 is 1.79 bits per heavy atom. The zero-order valence-corrected chi connectivity index (χ0v) is 13.5. The minimum absolute atomic E-state index is 0.0925. The van der Waals surface area contributed by atoms with E-state index in [4.69, 9.17) is 0 Å². The van der Waals surface area contributed by atoms with Gasteiger partial charge in [0.15, 0.2) is 0 Å². The second-order valence-corrected chi connectivity index (χ2v) is 5.73. The highest BCUT2D eigenvalue weighted by Gasteiger charge is 2.14. The minimum atomic E-state index is -0.661. The number of benzene rings is 1. The van der Waals surface area contributed by atoms with Crippen LogP contribution in [-0.4, -0.2) is 20.9 Å². The third-order valence-corrected chi connectivity index (χ3v) is 3.78. The van der Waals surface area contributed by atoms with Crippen LogP contribution in [0.1, 0.15) is 27.2 Å². The molecule has 1 amide bonds. The van der Waals surface area contributed by atoms with E-state index in [9.17, 15) is 14.4 Å². The van der Waals surface area contributed by atoms with E-state index in [-0.39, 0.29) is 16.7 Å². The number of aromatic amines is 2. The van der Waals surface area contributed by atoms with Gasteiger partial charge >= 0.3 is 5.69 Å². The first-order valence-electron chi connectivity index (χ1n) is 7.37. The molecule has 0 saturated carbocycles. The van der Waals surface area contributed by atoms with Crippen molar-refractivity contribution < 1.29 is 4.79 Å². The largest absolute Gasteiger partial charge is 0.327 e. The number of aromatic nitrogens is 3. The summed E-state index contributed by atoms with van der Waals surface area (Å²) < 4.78 is 0. The first-order valence-corrected chi connectivity index (χ1v) is 7.37. The molecule has 7 heteroatoms. The van der Waals surface area contributed by atoms with Crippen LogP contribution in [0.3, 0.4) is 0 Å². The maximum Gasteiger partial charge on any atom is 0.327 e. The van der Waals surface area contributed by atoms with Crippen LogP contribution >= 0.6 is 0 Å². The summed E-state index contributed by atoms with van der Waals surface area (Å²) in [7, 11) is 0. The van der Waals surface area contributed by atoms with E-state index >= 15 is 0 Å². The summed E-state index contributed by atoms with van der Waals surface area (Å²) in [6.07, 6.45) is 0. The van der Waals surface area contributed by atoms with Crippen LogP contribution < -0.4 is 16.6 Å². The summed E-state index contributed by atoms with van der Waals surface area (Å²) in [6, 6.07) is 7.27. The number of H-pyrrole nitrogens is 2. The third kappa shape index (κ3) is 2.83. The van der Waals surface area contributed by atoms with Gasteiger partial charge in [0.05, 0.1) is 5.39 Å². The number of aryl methyl sites for hydroxylation is 3. The van der Waals surface area contributed by atoms with Gasteiger partial charge < -0.3 is 5.32 Å². The van der Waals surface area contributed by atoms with Crippen molar-refractivity contribution in [1.29, 1.82) is 0 Å². The molecule has 0 bridgehead atoms. The van der Waals surface area contributed by atoms with Crippen molar-refractivity contribution in [3.05, 3.63) is 67.5 Å². The van der Waals surface area contributed by atoms with Crippen LogP contribution in [0.15, 0.2) is 33.9 Å². The summed E-state index contributed by atoms with van der Waals surface area (Å²) in [5, 5.41) is 3.07. The Kier molecular flexibility index (Phi) is 3.76. The average molecular weight is 324 g/mol. The van der Waals surface area contributed by atoms with Crippen molar-refractivity contribution in [2.24, 2.45) is 0 Å². The van der Waals surface area contributed by atoms with Gasteiger partial charge in [-0.05, 0) is 49.6 Å². The van der Waals surface area contributed by atoms with Gasteiger partial charge in [-0.3, -0.25) is 19.6 Å². The predicted molar refractivity (Wildman–Crippen MR) is 91.6 cm³/mol. The van der Waals surface area contributed by atoms with Crippen LogP contribution in [0, 0.1) is 20.8 Å². The molecule has 0 aliphatic heterocycles. The molecular weight excluding hydrogens is 308 g/mol. The number of nitrogens with one attached hydrogen (secondary N) is 3. The zero-order chi connectivity index (χ0) is 17.4. The molecule has 0 fully saturated rings. The molecule has 2 heterocycles. The number of rotatable bonds is 2. The maximum atomic E-state index is 12.5. The number of amides is 1. The van der Waals surface area contributed by atoms with Crippen molar-refractivity contribution >= 4 is 22.6 Å². The lowest BCUT2D eigenvalue weighted by Gasteiger charge is -2.10. The Morgan fingerprint density at radius 1 is 1.04 bits per heavy atom. The van der Waals surface area contributed by atoms with E-state index in [1.54, 1.807) is 6.92 Å². The highest BCUT2D eigenvalue weighted by atomic mass is 16.2. The smallest absolute Gasteiger partial charge is 0.320 e. The summed E-state index contributed by atoms with van der Waals surface area (Å²) >= 11 is 0. The Morgan fingerprint density at radius 3 is 2.54 bits per heavy atom. The summed E-state index contributed by atoms with van der Waals surface area (Å²) in [5.41, 5.74) is 2.23. The van der Waals surface area contributed by atoms with E-state index < -0.39 is 17.2 Å². The molecule has 0 atom stereocenters. The molecule has 0 unspecified atom stereocenters.